The summed E-state index contributed by atoms with van der Waals surface area (Å²) in [6.07, 6.45) is -0.800. The van der Waals surface area contributed by atoms with Crippen LogP contribution in [-0.4, -0.2) is 24.3 Å². The third-order valence-corrected chi connectivity index (χ3v) is 4.77. The third kappa shape index (κ3) is 4.67. The summed E-state index contributed by atoms with van der Waals surface area (Å²) in [5.41, 5.74) is 0.471. The van der Waals surface area contributed by atoms with Crippen molar-refractivity contribution in [1.29, 1.82) is 0 Å². The van der Waals surface area contributed by atoms with Crippen molar-refractivity contribution >= 4 is 29.9 Å². The minimum atomic E-state index is -2.64. The van der Waals surface area contributed by atoms with Crippen LogP contribution in [0.3, 0.4) is 0 Å². The maximum atomic E-state index is 12.0. The number of nitro groups is 1. The molecule has 126 valence electrons. The summed E-state index contributed by atoms with van der Waals surface area (Å²) < 4.78 is 17.1. The van der Waals surface area contributed by atoms with E-state index >= 15 is 0 Å². The summed E-state index contributed by atoms with van der Waals surface area (Å²) in [7, 11) is -2.64. The molecule has 8 heteroatoms. The van der Waals surface area contributed by atoms with Gasteiger partial charge >= 0.3 is 6.09 Å². The first-order valence-electron chi connectivity index (χ1n) is 7.09. The van der Waals surface area contributed by atoms with Gasteiger partial charge in [-0.25, -0.2) is 4.79 Å². The Labute approximate surface area is 139 Å². The van der Waals surface area contributed by atoms with Gasteiger partial charge in [0.15, 0.2) is 0 Å². The van der Waals surface area contributed by atoms with E-state index in [0.29, 0.717) is 5.30 Å². The molecule has 0 radical (unpaired) electrons. The van der Waals surface area contributed by atoms with Crippen molar-refractivity contribution in [3.63, 3.8) is 0 Å². The van der Waals surface area contributed by atoms with Crippen LogP contribution >= 0.6 is 7.14 Å². The Morgan fingerprint density at radius 3 is 2.46 bits per heavy atom. The molecule has 0 aliphatic rings. The van der Waals surface area contributed by atoms with Gasteiger partial charge in [0.05, 0.1) is 4.92 Å². The highest BCUT2D eigenvalue weighted by Crippen LogP contribution is 2.37. The van der Waals surface area contributed by atoms with Gasteiger partial charge in [-0.05, 0) is 31.0 Å². The molecule has 1 N–H and O–H groups in total. The molecular weight excluding hydrogens is 331 g/mol. The molecule has 0 saturated heterocycles. The molecule has 0 bridgehead atoms. The second-order valence-corrected chi connectivity index (χ2v) is 8.71. The molecular formula is C16H17N2O5P. The lowest BCUT2D eigenvalue weighted by atomic mass is 10.2. The lowest BCUT2D eigenvalue weighted by molar-refractivity contribution is -0.383. The van der Waals surface area contributed by atoms with Crippen LogP contribution in [0.4, 0.5) is 16.2 Å². The van der Waals surface area contributed by atoms with E-state index in [2.05, 4.69) is 5.32 Å². The number of nitrogens with one attached hydrogen (secondary N) is 1. The normalized spacial score (nSPS) is 10.9. The van der Waals surface area contributed by atoms with E-state index in [1.54, 1.807) is 12.1 Å². The predicted molar refractivity (Wildman–Crippen MR) is 92.4 cm³/mol. The first-order valence-corrected chi connectivity index (χ1v) is 9.69. The zero-order valence-corrected chi connectivity index (χ0v) is 14.2. The molecule has 24 heavy (non-hydrogen) atoms. The van der Waals surface area contributed by atoms with Crippen LogP contribution in [-0.2, 0) is 15.9 Å². The Morgan fingerprint density at radius 1 is 1.21 bits per heavy atom. The van der Waals surface area contributed by atoms with Gasteiger partial charge in [0.25, 0.3) is 5.69 Å². The average molecular weight is 348 g/mol. The number of anilines is 1. The van der Waals surface area contributed by atoms with Crippen molar-refractivity contribution in [2.75, 3.05) is 18.6 Å². The second kappa shape index (κ2) is 7.27. The van der Waals surface area contributed by atoms with Gasteiger partial charge in [0.2, 0.25) is 0 Å². The number of amides is 1. The quantitative estimate of drug-likeness (QED) is 0.506. The van der Waals surface area contributed by atoms with Crippen molar-refractivity contribution in [3.8, 4) is 0 Å². The zero-order valence-electron chi connectivity index (χ0n) is 13.3. The van der Waals surface area contributed by atoms with E-state index < -0.39 is 18.2 Å². The number of rotatable bonds is 5. The summed E-state index contributed by atoms with van der Waals surface area (Å²) in [4.78, 5) is 22.4. The van der Waals surface area contributed by atoms with E-state index in [4.69, 9.17) is 4.74 Å². The number of carbonyl (C=O) groups is 1. The summed E-state index contributed by atoms with van der Waals surface area (Å²) >= 11 is 0. The fourth-order valence-corrected chi connectivity index (χ4v) is 2.85. The van der Waals surface area contributed by atoms with Crippen LogP contribution in [0, 0.1) is 10.1 Å². The molecule has 0 fully saturated rings. The van der Waals surface area contributed by atoms with Gasteiger partial charge in [-0.15, -0.1) is 0 Å². The number of nitrogens with zero attached hydrogens (tertiary/aromatic N) is 1. The Balaban J connectivity index is 2.12. The van der Waals surface area contributed by atoms with Crippen molar-refractivity contribution in [3.05, 3.63) is 64.2 Å². The summed E-state index contributed by atoms with van der Waals surface area (Å²) in [5.74, 6) is 0. The molecule has 1 amide bonds. The topological polar surface area (TPSA) is 98.5 Å². The van der Waals surface area contributed by atoms with Gasteiger partial charge in [0.1, 0.15) is 19.4 Å². The first kappa shape index (κ1) is 17.7. The molecule has 2 aromatic rings. The SMILES string of the molecule is CP(C)(=O)c1ccc(NC(=O)OCc2ccccc2)c([N+](=O)[O-])c1. The smallest absolute Gasteiger partial charge is 0.412 e. The Hall–Kier alpha value is -2.66. The van der Waals surface area contributed by atoms with Gasteiger partial charge in [-0.2, -0.15) is 0 Å². The second-order valence-electron chi connectivity index (χ2n) is 5.50. The molecule has 0 unspecified atom stereocenters. The fourth-order valence-electron chi connectivity index (χ4n) is 1.98. The molecule has 0 spiro atoms. The van der Waals surface area contributed by atoms with Crippen LogP contribution in [0.15, 0.2) is 48.5 Å². The number of ether oxygens (including phenoxy) is 1. The minimum Gasteiger partial charge on any atom is -0.444 e. The molecule has 0 atom stereocenters. The highest BCUT2D eigenvalue weighted by molar-refractivity contribution is 7.70. The summed E-state index contributed by atoms with van der Waals surface area (Å²) in [6, 6.07) is 13.1. The summed E-state index contributed by atoms with van der Waals surface area (Å²) in [5, 5.41) is 13.9. The van der Waals surface area contributed by atoms with Crippen molar-refractivity contribution in [1.82, 2.24) is 0 Å². The molecule has 7 nitrogen and oxygen atoms in total. The van der Waals surface area contributed by atoms with Crippen LogP contribution in [0.1, 0.15) is 5.56 Å². The van der Waals surface area contributed by atoms with Gasteiger partial charge in [-0.3, -0.25) is 15.4 Å². The molecule has 2 rings (SSSR count). The number of hydrogen-bond acceptors (Lipinski definition) is 5. The third-order valence-electron chi connectivity index (χ3n) is 3.25. The predicted octanol–water partition coefficient (Wildman–Crippen LogP) is 3.59. The van der Waals surface area contributed by atoms with Crippen molar-refractivity contribution < 1.29 is 19.0 Å². The Bertz CT molecular complexity index is 801. The highest BCUT2D eigenvalue weighted by Gasteiger charge is 2.21. The van der Waals surface area contributed by atoms with Crippen LogP contribution in [0.2, 0.25) is 0 Å². The Kier molecular flexibility index (Phi) is 5.36. The van der Waals surface area contributed by atoms with Crippen LogP contribution in [0.25, 0.3) is 0 Å². The van der Waals surface area contributed by atoms with E-state index in [1.165, 1.54) is 31.5 Å². The maximum Gasteiger partial charge on any atom is 0.412 e. The molecule has 0 heterocycles. The number of benzene rings is 2. The van der Waals surface area contributed by atoms with Crippen molar-refractivity contribution in [2.24, 2.45) is 0 Å². The Morgan fingerprint density at radius 2 is 1.88 bits per heavy atom. The largest absolute Gasteiger partial charge is 0.444 e. The minimum absolute atomic E-state index is 0.00439. The monoisotopic (exact) mass is 348 g/mol. The number of carbonyl (C=O) groups excluding carboxylic acids is 1. The standard InChI is InChI=1S/C16H17N2O5P/c1-24(2,22)13-8-9-14(15(10-13)18(20)21)17-16(19)23-11-12-6-4-3-5-7-12/h3-10H,11H2,1-2H3,(H,17,19). The van der Waals surface area contributed by atoms with Crippen LogP contribution in [0.5, 0.6) is 0 Å². The van der Waals surface area contributed by atoms with E-state index in [9.17, 15) is 19.5 Å². The van der Waals surface area contributed by atoms with E-state index in [1.807, 2.05) is 18.2 Å². The van der Waals surface area contributed by atoms with Gasteiger partial charge < -0.3 is 9.30 Å². The lowest BCUT2D eigenvalue weighted by Crippen LogP contribution is -2.16. The molecule has 0 aliphatic carbocycles. The molecule has 0 aromatic heterocycles. The summed E-state index contributed by atoms with van der Waals surface area (Å²) in [6.45, 7) is 3.10. The lowest BCUT2D eigenvalue weighted by Gasteiger charge is -2.10. The molecule has 2 aromatic carbocycles. The number of hydrogen-bond donors (Lipinski definition) is 1. The molecule has 0 aliphatic heterocycles. The fraction of sp³-hybridized carbons (Fsp3) is 0.188. The van der Waals surface area contributed by atoms with Crippen LogP contribution < -0.4 is 10.6 Å². The molecule has 0 saturated carbocycles. The maximum absolute atomic E-state index is 12.0. The van der Waals surface area contributed by atoms with Gasteiger partial charge in [0, 0.05) is 11.4 Å². The average Bonchev–Trinajstić information content (AvgIpc) is 2.53. The zero-order chi connectivity index (χ0) is 17.7. The van der Waals surface area contributed by atoms with E-state index in [0.717, 1.165) is 5.56 Å². The highest BCUT2D eigenvalue weighted by atomic mass is 31.2. The number of nitro benzene ring substituents is 1. The van der Waals surface area contributed by atoms with Crippen molar-refractivity contribution in [2.45, 2.75) is 6.61 Å². The van der Waals surface area contributed by atoms with Gasteiger partial charge in [-0.1, -0.05) is 30.3 Å². The first-order chi connectivity index (χ1) is 11.3. The van der Waals surface area contributed by atoms with E-state index in [-0.39, 0.29) is 18.0 Å².